The van der Waals surface area contributed by atoms with Gasteiger partial charge in [0.1, 0.15) is 5.82 Å². The quantitative estimate of drug-likeness (QED) is 0.474. The molecule has 1 amide bonds. The molecule has 3 aromatic rings. The van der Waals surface area contributed by atoms with Gasteiger partial charge in [-0.1, -0.05) is 60.7 Å². The van der Waals surface area contributed by atoms with Crippen molar-refractivity contribution in [3.63, 3.8) is 0 Å². The van der Waals surface area contributed by atoms with E-state index in [0.29, 0.717) is 11.6 Å². The summed E-state index contributed by atoms with van der Waals surface area (Å²) in [5.74, 6) is -1.51. The van der Waals surface area contributed by atoms with Crippen molar-refractivity contribution < 1.29 is 22.7 Å². The van der Waals surface area contributed by atoms with Crippen LogP contribution in [0.15, 0.2) is 76.3 Å². The lowest BCUT2D eigenvalue weighted by Gasteiger charge is -2.24. The molecule has 2 aromatic carbocycles. The van der Waals surface area contributed by atoms with Gasteiger partial charge in [-0.3, -0.25) is 24.0 Å². The van der Waals surface area contributed by atoms with Crippen LogP contribution >= 0.6 is 0 Å². The van der Waals surface area contributed by atoms with Gasteiger partial charge in [0.2, 0.25) is 0 Å². The van der Waals surface area contributed by atoms with E-state index in [-0.39, 0.29) is 31.1 Å². The van der Waals surface area contributed by atoms with E-state index in [1.54, 1.807) is 36.4 Å². The molecule has 0 radical (unpaired) electrons. The van der Waals surface area contributed by atoms with Gasteiger partial charge in [-0.25, -0.2) is 4.79 Å². The second-order valence-electron chi connectivity index (χ2n) is 7.47. The molecule has 0 bridgehead atoms. The third kappa shape index (κ3) is 6.07. The van der Waals surface area contributed by atoms with Crippen molar-refractivity contribution >= 4 is 23.0 Å². The van der Waals surface area contributed by atoms with Crippen LogP contribution in [0.25, 0.3) is 5.57 Å². The minimum atomic E-state index is -4.86. The zero-order valence-electron chi connectivity index (χ0n) is 18.7. The number of benzene rings is 2. The molecule has 0 fully saturated rings. The molecule has 0 aliphatic heterocycles. The number of nitrogens with zero attached hydrogens (tertiary/aromatic N) is 2. The molecule has 0 saturated carbocycles. The van der Waals surface area contributed by atoms with Gasteiger partial charge in [-0.05, 0) is 11.1 Å². The van der Waals surface area contributed by atoms with Crippen LogP contribution in [0, 0.1) is 0 Å². The molecule has 0 aliphatic rings. The van der Waals surface area contributed by atoms with Crippen molar-refractivity contribution in [2.75, 3.05) is 24.4 Å². The summed E-state index contributed by atoms with van der Waals surface area (Å²) in [5, 5.41) is 0. The number of anilines is 2. The lowest BCUT2D eigenvalue weighted by atomic mass is 10.0. The van der Waals surface area contributed by atoms with E-state index in [1.807, 2.05) is 0 Å². The van der Waals surface area contributed by atoms with E-state index in [1.165, 1.54) is 31.4 Å². The van der Waals surface area contributed by atoms with E-state index in [9.17, 15) is 27.6 Å². The van der Waals surface area contributed by atoms with Crippen LogP contribution in [0.4, 0.5) is 24.7 Å². The van der Waals surface area contributed by atoms with Crippen molar-refractivity contribution in [3.05, 3.63) is 98.7 Å². The SMILES string of the molecule is COCCn1c(N)c(N(Cc2ccccc2)C(=O)/C=C(/c2ccccc2)C(F)(F)F)c(=O)[nH]c1=O. The van der Waals surface area contributed by atoms with Gasteiger partial charge in [-0.2, -0.15) is 13.2 Å². The predicted molar refractivity (Wildman–Crippen MR) is 126 cm³/mol. The smallest absolute Gasteiger partial charge is 0.383 e. The molecular weight excluding hydrogens is 465 g/mol. The van der Waals surface area contributed by atoms with Crippen LogP contribution in [0.3, 0.4) is 0 Å². The fourth-order valence-corrected chi connectivity index (χ4v) is 3.42. The third-order valence-corrected chi connectivity index (χ3v) is 5.11. The fourth-order valence-electron chi connectivity index (χ4n) is 3.42. The number of hydrogen-bond donors (Lipinski definition) is 2. The van der Waals surface area contributed by atoms with Crippen LogP contribution in [0.1, 0.15) is 11.1 Å². The average Bonchev–Trinajstić information content (AvgIpc) is 2.82. The Morgan fingerprint density at radius 1 is 1.09 bits per heavy atom. The number of halogens is 3. The van der Waals surface area contributed by atoms with Crippen molar-refractivity contribution in [1.29, 1.82) is 0 Å². The Bertz CT molecular complexity index is 1320. The van der Waals surface area contributed by atoms with Crippen LogP contribution in [0.2, 0.25) is 0 Å². The number of rotatable bonds is 8. The number of hydrogen-bond acceptors (Lipinski definition) is 5. The number of ether oxygens (including phenoxy) is 1. The van der Waals surface area contributed by atoms with Gasteiger partial charge in [0.15, 0.2) is 5.69 Å². The van der Waals surface area contributed by atoms with Crippen LogP contribution in [0.5, 0.6) is 0 Å². The third-order valence-electron chi connectivity index (χ3n) is 5.11. The monoisotopic (exact) mass is 488 g/mol. The summed E-state index contributed by atoms with van der Waals surface area (Å²) in [6.07, 6.45) is -4.44. The maximum Gasteiger partial charge on any atom is 0.417 e. The Balaban J connectivity index is 2.19. The first-order valence-corrected chi connectivity index (χ1v) is 10.4. The van der Waals surface area contributed by atoms with Crippen molar-refractivity contribution in [2.24, 2.45) is 0 Å². The average molecular weight is 488 g/mol. The van der Waals surface area contributed by atoms with Gasteiger partial charge in [0, 0.05) is 13.2 Å². The number of alkyl halides is 3. The normalized spacial score (nSPS) is 11.9. The zero-order chi connectivity index (χ0) is 25.6. The number of nitrogens with two attached hydrogens (primary N) is 1. The molecule has 8 nitrogen and oxygen atoms in total. The van der Waals surface area contributed by atoms with Gasteiger partial charge in [0.05, 0.1) is 25.3 Å². The van der Waals surface area contributed by atoms with Crippen LogP contribution in [-0.2, 0) is 22.6 Å². The lowest BCUT2D eigenvalue weighted by Crippen LogP contribution is -2.41. The van der Waals surface area contributed by atoms with Crippen molar-refractivity contribution in [1.82, 2.24) is 9.55 Å². The van der Waals surface area contributed by atoms with Crippen molar-refractivity contribution in [3.8, 4) is 0 Å². The topological polar surface area (TPSA) is 110 Å². The minimum Gasteiger partial charge on any atom is -0.383 e. The summed E-state index contributed by atoms with van der Waals surface area (Å²) in [7, 11) is 1.39. The first-order valence-electron chi connectivity index (χ1n) is 10.4. The first kappa shape index (κ1) is 25.5. The lowest BCUT2D eigenvalue weighted by molar-refractivity contribution is -0.114. The molecule has 11 heteroatoms. The van der Waals surface area contributed by atoms with E-state index >= 15 is 0 Å². The standard InChI is InChI=1S/C24H23F3N4O4/c1-35-13-12-30-21(28)20(22(33)29-23(30)34)31(15-16-8-4-2-5-9-16)19(32)14-18(24(25,26)27)17-10-6-3-7-11-17/h2-11,14H,12-13,15,28H2,1H3,(H,29,33,34)/b18-14-. The molecule has 1 aromatic heterocycles. The highest BCUT2D eigenvalue weighted by molar-refractivity contribution is 6.07. The Labute approximate surface area is 198 Å². The predicted octanol–water partition coefficient (Wildman–Crippen LogP) is 2.94. The number of aromatic amines is 1. The van der Waals surface area contributed by atoms with Gasteiger partial charge in [0.25, 0.3) is 11.5 Å². The molecule has 0 atom stereocenters. The number of carbonyl (C=O) groups is 1. The molecule has 0 unspecified atom stereocenters. The Morgan fingerprint density at radius 3 is 2.26 bits per heavy atom. The maximum absolute atomic E-state index is 13.9. The van der Waals surface area contributed by atoms with Gasteiger partial charge >= 0.3 is 11.9 Å². The number of nitrogen functional groups attached to an aromatic ring is 1. The molecule has 3 rings (SSSR count). The summed E-state index contributed by atoms with van der Waals surface area (Å²) < 4.78 is 47.6. The zero-order valence-corrected chi connectivity index (χ0v) is 18.7. The van der Waals surface area contributed by atoms with E-state index < -0.39 is 34.6 Å². The molecule has 0 spiro atoms. The minimum absolute atomic E-state index is 0.0496. The molecule has 0 aliphatic carbocycles. The largest absolute Gasteiger partial charge is 0.417 e. The van der Waals surface area contributed by atoms with E-state index in [4.69, 9.17) is 10.5 Å². The summed E-state index contributed by atoms with van der Waals surface area (Å²) in [6.45, 7) is -0.258. The Morgan fingerprint density at radius 2 is 1.69 bits per heavy atom. The Kier molecular flexibility index (Phi) is 7.92. The number of amides is 1. The fraction of sp³-hybridized carbons (Fsp3) is 0.208. The molecule has 184 valence electrons. The van der Waals surface area contributed by atoms with E-state index in [2.05, 4.69) is 4.98 Å². The number of allylic oxidation sites excluding steroid dienone is 1. The molecule has 35 heavy (non-hydrogen) atoms. The summed E-state index contributed by atoms with van der Waals surface area (Å²) in [4.78, 5) is 41.2. The second kappa shape index (κ2) is 10.9. The maximum atomic E-state index is 13.9. The number of nitrogens with one attached hydrogen (secondary N) is 1. The molecule has 1 heterocycles. The molecule has 0 saturated heterocycles. The van der Waals surface area contributed by atoms with Gasteiger partial charge < -0.3 is 10.5 Å². The highest BCUT2D eigenvalue weighted by atomic mass is 19.4. The summed E-state index contributed by atoms with van der Waals surface area (Å²) in [5.41, 5.74) is 2.92. The number of H-pyrrole nitrogens is 1. The summed E-state index contributed by atoms with van der Waals surface area (Å²) >= 11 is 0. The number of methoxy groups -OCH3 is 1. The van der Waals surface area contributed by atoms with E-state index in [0.717, 1.165) is 9.47 Å². The van der Waals surface area contributed by atoms with Gasteiger partial charge in [-0.15, -0.1) is 0 Å². The number of aromatic nitrogens is 2. The molecule has 3 N–H and O–H groups in total. The van der Waals surface area contributed by atoms with Crippen LogP contribution < -0.4 is 21.9 Å². The first-order chi connectivity index (χ1) is 16.6. The highest BCUT2D eigenvalue weighted by Crippen LogP contribution is 2.34. The van der Waals surface area contributed by atoms with Crippen molar-refractivity contribution in [2.45, 2.75) is 19.3 Å². The highest BCUT2D eigenvalue weighted by Gasteiger charge is 2.36. The Hall–Kier alpha value is -4.12. The second-order valence-corrected chi connectivity index (χ2v) is 7.47. The molecular formula is C24H23F3N4O4. The van der Waals surface area contributed by atoms with Crippen LogP contribution in [-0.4, -0.2) is 35.4 Å². The summed E-state index contributed by atoms with van der Waals surface area (Å²) in [6, 6.07) is 15.2. The number of carbonyl (C=O) groups excluding carboxylic acids is 1.